The van der Waals surface area contributed by atoms with Crippen LogP contribution in [0.3, 0.4) is 0 Å². The first kappa shape index (κ1) is 34.6. The molecular weight excluding hydrogens is 543 g/mol. The van der Waals surface area contributed by atoms with E-state index in [0.29, 0.717) is 72.7 Å². The molecule has 0 aromatic heterocycles. The molecule has 0 atom stereocenters. The summed E-state index contributed by atoms with van der Waals surface area (Å²) in [6.45, 7) is 16.0. The van der Waals surface area contributed by atoms with Crippen LogP contribution in [0.1, 0.15) is 0 Å². The van der Waals surface area contributed by atoms with Gasteiger partial charge in [-0.3, -0.25) is 0 Å². The standard InChI is InChI=1S/C15H29O6.3Y/c1-4-16-7-9-19-13-15(21-12-11-18-6-3)14-20-10-8-17-5-2;;;/h15H,1-14H2;;;/q-3;;;. The van der Waals surface area contributed by atoms with Gasteiger partial charge in [-0.25, -0.2) is 0 Å². The SMILES string of the molecule is [CH2-]COCCOCC(COCCOC[CH2-])OCCOC[CH2-].[Y].[Y].[Y]. The molecule has 0 fully saturated rings. The van der Waals surface area contributed by atoms with Gasteiger partial charge in [-0.1, -0.05) is 19.8 Å². The maximum atomic E-state index is 5.65. The Morgan fingerprint density at radius 3 is 1.21 bits per heavy atom. The minimum Gasteiger partial charge on any atom is -0.411 e. The second kappa shape index (κ2) is 30.8. The molecule has 0 aromatic carbocycles. The van der Waals surface area contributed by atoms with Gasteiger partial charge in [-0.2, -0.15) is 0 Å². The summed E-state index contributed by atoms with van der Waals surface area (Å²) in [7, 11) is 0. The minimum absolute atomic E-state index is 0. The molecule has 3 radical (unpaired) electrons. The van der Waals surface area contributed by atoms with E-state index in [1.807, 2.05) is 0 Å². The Hall–Kier alpha value is 3.07. The molecule has 0 heterocycles. The molecule has 0 aliphatic carbocycles. The number of ether oxygens (including phenoxy) is 6. The zero-order valence-corrected chi connectivity index (χ0v) is 23.2. The third-order valence-electron chi connectivity index (χ3n) is 2.37. The number of hydrogen-bond acceptors (Lipinski definition) is 6. The summed E-state index contributed by atoms with van der Waals surface area (Å²) >= 11 is 0. The Morgan fingerprint density at radius 2 is 0.833 bits per heavy atom. The Bertz CT molecular complexity index is 190. The molecule has 0 aromatic rings. The van der Waals surface area contributed by atoms with Crippen molar-refractivity contribution in [1.29, 1.82) is 0 Å². The molecule has 137 valence electrons. The van der Waals surface area contributed by atoms with E-state index in [-0.39, 0.29) is 104 Å². The van der Waals surface area contributed by atoms with Crippen molar-refractivity contribution in [3.05, 3.63) is 20.8 Å². The minimum atomic E-state index is -0.141. The first-order valence-corrected chi connectivity index (χ1v) is 7.23. The van der Waals surface area contributed by atoms with Crippen LogP contribution in [0.15, 0.2) is 0 Å². The fourth-order valence-corrected chi connectivity index (χ4v) is 1.39. The van der Waals surface area contributed by atoms with Crippen molar-refractivity contribution in [1.82, 2.24) is 0 Å². The third kappa shape index (κ3) is 27.3. The molecule has 0 aliphatic rings. The molecule has 0 saturated heterocycles. The summed E-state index contributed by atoms with van der Waals surface area (Å²) in [6, 6.07) is 0. The molecule has 9 heteroatoms. The predicted molar refractivity (Wildman–Crippen MR) is 79.9 cm³/mol. The van der Waals surface area contributed by atoms with Crippen LogP contribution in [0.5, 0.6) is 0 Å². The van der Waals surface area contributed by atoms with Gasteiger partial charge in [-0.15, -0.1) is 0 Å². The van der Waals surface area contributed by atoms with Gasteiger partial charge in [0.15, 0.2) is 0 Å². The number of rotatable bonds is 17. The van der Waals surface area contributed by atoms with Crippen molar-refractivity contribution >= 4 is 0 Å². The second-order valence-corrected chi connectivity index (χ2v) is 3.98. The van der Waals surface area contributed by atoms with Crippen molar-refractivity contribution in [2.24, 2.45) is 0 Å². The first-order chi connectivity index (χ1) is 10.3. The van der Waals surface area contributed by atoms with Crippen molar-refractivity contribution in [2.75, 3.05) is 72.7 Å². The summed E-state index contributed by atoms with van der Waals surface area (Å²) in [4.78, 5) is 0. The fraction of sp³-hybridized carbons (Fsp3) is 0.800. The van der Waals surface area contributed by atoms with E-state index in [1.54, 1.807) is 0 Å². The maximum absolute atomic E-state index is 5.65. The van der Waals surface area contributed by atoms with Crippen LogP contribution in [0.4, 0.5) is 0 Å². The average molecular weight is 572 g/mol. The Morgan fingerprint density at radius 1 is 0.500 bits per heavy atom. The zero-order chi connectivity index (χ0) is 15.6. The van der Waals surface area contributed by atoms with E-state index in [4.69, 9.17) is 28.4 Å². The summed E-state index contributed by atoms with van der Waals surface area (Å²) in [5.74, 6) is 0. The van der Waals surface area contributed by atoms with Crippen molar-refractivity contribution in [3.8, 4) is 0 Å². The monoisotopic (exact) mass is 572 g/mol. The predicted octanol–water partition coefficient (Wildman–Crippen LogP) is 0.949. The molecule has 0 aliphatic heterocycles. The largest absolute Gasteiger partial charge is 0.411 e. The first-order valence-electron chi connectivity index (χ1n) is 7.23. The van der Waals surface area contributed by atoms with E-state index < -0.39 is 0 Å². The maximum Gasteiger partial charge on any atom is 0.104 e. The van der Waals surface area contributed by atoms with Crippen LogP contribution in [0, 0.1) is 20.8 Å². The van der Waals surface area contributed by atoms with Gasteiger partial charge in [0.2, 0.25) is 0 Å². The molecule has 0 spiro atoms. The Labute approximate surface area is 223 Å². The molecule has 0 rings (SSSR count). The summed E-state index contributed by atoms with van der Waals surface area (Å²) in [5.41, 5.74) is 0. The van der Waals surface area contributed by atoms with E-state index >= 15 is 0 Å². The molecular formula is C15H29O6Y3-3. The second-order valence-electron chi connectivity index (χ2n) is 3.98. The van der Waals surface area contributed by atoms with Crippen molar-refractivity contribution in [2.45, 2.75) is 6.10 Å². The van der Waals surface area contributed by atoms with Crippen molar-refractivity contribution in [3.63, 3.8) is 0 Å². The molecule has 0 N–H and O–H groups in total. The molecule has 0 unspecified atom stereocenters. The van der Waals surface area contributed by atoms with E-state index in [2.05, 4.69) is 20.8 Å². The molecule has 6 nitrogen and oxygen atoms in total. The van der Waals surface area contributed by atoms with Crippen LogP contribution < -0.4 is 0 Å². The summed E-state index contributed by atoms with van der Waals surface area (Å²) in [6.07, 6.45) is -0.141. The average Bonchev–Trinajstić information content (AvgIpc) is 2.50. The third-order valence-corrected chi connectivity index (χ3v) is 2.37. The normalized spacial score (nSPS) is 10.0. The quantitative estimate of drug-likeness (QED) is 0.191. The summed E-state index contributed by atoms with van der Waals surface area (Å²) < 4.78 is 31.9. The van der Waals surface area contributed by atoms with Gasteiger partial charge in [0.25, 0.3) is 0 Å². The molecule has 0 amide bonds. The van der Waals surface area contributed by atoms with Crippen LogP contribution in [0.2, 0.25) is 0 Å². The van der Waals surface area contributed by atoms with Gasteiger partial charge < -0.3 is 49.2 Å². The van der Waals surface area contributed by atoms with Gasteiger partial charge in [-0.05, 0) is 0 Å². The molecule has 0 saturated carbocycles. The van der Waals surface area contributed by atoms with E-state index in [1.165, 1.54) is 0 Å². The van der Waals surface area contributed by atoms with Gasteiger partial charge >= 0.3 is 0 Å². The van der Waals surface area contributed by atoms with Crippen LogP contribution in [0.25, 0.3) is 0 Å². The van der Waals surface area contributed by atoms with E-state index in [9.17, 15) is 0 Å². The Kier molecular flexibility index (Phi) is 44.3. The van der Waals surface area contributed by atoms with Gasteiger partial charge in [0.05, 0.1) is 52.9 Å². The number of hydrogen-bond donors (Lipinski definition) is 0. The van der Waals surface area contributed by atoms with E-state index in [0.717, 1.165) is 0 Å². The summed E-state index contributed by atoms with van der Waals surface area (Å²) in [5, 5.41) is 0. The molecule has 24 heavy (non-hydrogen) atoms. The fourth-order valence-electron chi connectivity index (χ4n) is 1.39. The molecule has 0 bridgehead atoms. The Balaban J connectivity index is -0.000000667. The van der Waals surface area contributed by atoms with Crippen molar-refractivity contribution < 1.29 is 127 Å². The smallest absolute Gasteiger partial charge is 0.104 e. The van der Waals surface area contributed by atoms with Crippen LogP contribution >= 0.6 is 0 Å². The van der Waals surface area contributed by atoms with Gasteiger partial charge in [0.1, 0.15) is 6.10 Å². The van der Waals surface area contributed by atoms with Crippen LogP contribution in [-0.2, 0) is 127 Å². The topological polar surface area (TPSA) is 55.4 Å². The zero-order valence-electron chi connectivity index (χ0n) is 14.7. The van der Waals surface area contributed by atoms with Gasteiger partial charge in [0, 0.05) is 98.1 Å². The van der Waals surface area contributed by atoms with Crippen LogP contribution in [-0.4, -0.2) is 78.8 Å².